The van der Waals surface area contributed by atoms with Crippen LogP contribution in [-0.4, -0.2) is 66.5 Å². The Morgan fingerprint density at radius 2 is 1.92 bits per heavy atom. The molecule has 2 heterocycles. The van der Waals surface area contributed by atoms with Gasteiger partial charge in [-0.05, 0) is 55.8 Å². The number of hydrogen-bond acceptors (Lipinski definition) is 6. The van der Waals surface area contributed by atoms with E-state index in [-0.39, 0.29) is 12.0 Å². The molecule has 1 fully saturated rings. The molecule has 194 valence electrons. The molecule has 1 aliphatic rings. The lowest BCUT2D eigenvalue weighted by Gasteiger charge is -2.41. The lowest BCUT2D eigenvalue weighted by atomic mass is 10.0. The zero-order chi connectivity index (χ0) is 26.5. The van der Waals surface area contributed by atoms with Crippen LogP contribution in [0, 0.1) is 24.6 Å². The van der Waals surface area contributed by atoms with Crippen molar-refractivity contribution in [3.63, 3.8) is 0 Å². The third-order valence-corrected chi connectivity index (χ3v) is 7.00. The molecule has 0 amide bonds. The number of anilines is 1. The quantitative estimate of drug-likeness (QED) is 0.356. The molecule has 1 aromatic heterocycles. The number of carbonyl (C=O) groups is 1. The highest BCUT2D eigenvalue weighted by Gasteiger charge is 2.30. The Balaban J connectivity index is 1.42. The molecule has 2 unspecified atom stereocenters. The minimum atomic E-state index is -2.31. The van der Waals surface area contributed by atoms with E-state index in [2.05, 4.69) is 21.7 Å². The summed E-state index contributed by atoms with van der Waals surface area (Å²) in [5.41, 5.74) is 3.34. The number of carboxylic acid groups (broad SMARTS) is 1. The van der Waals surface area contributed by atoms with Gasteiger partial charge in [0.05, 0.1) is 18.2 Å². The molecule has 11 heteroatoms. The van der Waals surface area contributed by atoms with E-state index in [1.54, 1.807) is 24.9 Å². The Morgan fingerprint density at radius 1 is 1.22 bits per heavy atom. The van der Waals surface area contributed by atoms with Gasteiger partial charge in [-0.15, -0.1) is 4.41 Å². The SMILES string of the molecule is Cc1cc(F)c(C#Cc2ccc(N3CCN(N(C(C)CC(=O)O)S(=O)O)CC3)cc2)cc1-c1ncco1. The maximum Gasteiger partial charge on any atom is 0.305 e. The summed E-state index contributed by atoms with van der Waals surface area (Å²) in [7, 11) is 0. The second-order valence-electron chi connectivity index (χ2n) is 8.70. The number of oxazole rings is 1. The minimum absolute atomic E-state index is 0.234. The van der Waals surface area contributed by atoms with Crippen LogP contribution in [0.5, 0.6) is 0 Å². The number of rotatable bonds is 7. The van der Waals surface area contributed by atoms with Crippen LogP contribution < -0.4 is 4.90 Å². The predicted octanol–water partition coefficient (Wildman–Crippen LogP) is 3.53. The van der Waals surface area contributed by atoms with E-state index in [1.807, 2.05) is 24.3 Å². The molecular weight excluding hydrogens is 499 g/mol. The molecule has 1 saturated heterocycles. The van der Waals surface area contributed by atoms with E-state index >= 15 is 0 Å². The molecule has 0 bridgehead atoms. The van der Waals surface area contributed by atoms with E-state index in [1.165, 1.54) is 22.9 Å². The summed E-state index contributed by atoms with van der Waals surface area (Å²) >= 11 is -2.31. The fourth-order valence-electron chi connectivity index (χ4n) is 4.26. The van der Waals surface area contributed by atoms with Crippen molar-refractivity contribution >= 4 is 22.9 Å². The van der Waals surface area contributed by atoms with Gasteiger partial charge in [0.25, 0.3) is 0 Å². The van der Waals surface area contributed by atoms with Crippen molar-refractivity contribution in [1.82, 2.24) is 14.4 Å². The first-order chi connectivity index (χ1) is 17.7. The van der Waals surface area contributed by atoms with Gasteiger partial charge in [0.1, 0.15) is 12.1 Å². The van der Waals surface area contributed by atoms with Crippen molar-refractivity contribution < 1.29 is 27.5 Å². The summed E-state index contributed by atoms with van der Waals surface area (Å²) in [4.78, 5) is 17.3. The third-order valence-electron chi connectivity index (χ3n) is 6.09. The summed E-state index contributed by atoms with van der Waals surface area (Å²) in [5.74, 6) is 4.88. The minimum Gasteiger partial charge on any atom is -0.481 e. The van der Waals surface area contributed by atoms with Crippen molar-refractivity contribution in [2.45, 2.75) is 26.3 Å². The first kappa shape index (κ1) is 26.5. The number of aryl methyl sites for hydroxylation is 1. The van der Waals surface area contributed by atoms with Crippen molar-refractivity contribution in [2.75, 3.05) is 31.1 Å². The van der Waals surface area contributed by atoms with Gasteiger partial charge in [-0.25, -0.2) is 18.6 Å². The van der Waals surface area contributed by atoms with Gasteiger partial charge in [-0.1, -0.05) is 11.8 Å². The second-order valence-corrected chi connectivity index (χ2v) is 9.54. The molecule has 0 saturated carbocycles. The van der Waals surface area contributed by atoms with Crippen molar-refractivity contribution in [1.29, 1.82) is 0 Å². The molecule has 37 heavy (non-hydrogen) atoms. The number of hydrogen-bond donors (Lipinski definition) is 2. The Morgan fingerprint density at radius 3 is 2.51 bits per heavy atom. The van der Waals surface area contributed by atoms with Gasteiger partial charge >= 0.3 is 5.97 Å². The number of benzene rings is 2. The summed E-state index contributed by atoms with van der Waals surface area (Å²) in [6.07, 6.45) is 2.77. The Labute approximate surface area is 216 Å². The topological polar surface area (TPSA) is 110 Å². The van der Waals surface area contributed by atoms with Crippen molar-refractivity contribution in [2.24, 2.45) is 0 Å². The Kier molecular flexibility index (Phi) is 8.35. The van der Waals surface area contributed by atoms with Gasteiger partial charge < -0.3 is 14.4 Å². The number of carboxylic acids is 1. The summed E-state index contributed by atoms with van der Waals surface area (Å²) < 4.78 is 42.6. The lowest BCUT2D eigenvalue weighted by Crippen LogP contribution is -2.57. The normalized spacial score (nSPS) is 15.8. The lowest BCUT2D eigenvalue weighted by molar-refractivity contribution is -0.139. The van der Waals surface area contributed by atoms with E-state index in [0.29, 0.717) is 43.2 Å². The highest BCUT2D eigenvalue weighted by atomic mass is 32.2. The first-order valence-electron chi connectivity index (χ1n) is 11.7. The van der Waals surface area contributed by atoms with Gasteiger partial charge in [-0.3, -0.25) is 9.35 Å². The molecule has 0 spiro atoms. The average Bonchev–Trinajstić information content (AvgIpc) is 3.38. The number of halogens is 1. The molecule has 9 nitrogen and oxygen atoms in total. The van der Waals surface area contributed by atoms with Gasteiger partial charge in [0.2, 0.25) is 17.2 Å². The van der Waals surface area contributed by atoms with Gasteiger partial charge in [-0.2, -0.15) is 0 Å². The first-order valence-corrected chi connectivity index (χ1v) is 12.7. The fraction of sp³-hybridized carbons (Fsp3) is 0.308. The summed E-state index contributed by atoms with van der Waals surface area (Å²) in [6.45, 7) is 5.53. The molecule has 1 aliphatic heterocycles. The summed E-state index contributed by atoms with van der Waals surface area (Å²) in [6, 6.07) is 10.0. The number of aromatic nitrogens is 1. The zero-order valence-electron chi connectivity index (χ0n) is 20.4. The molecular formula is C26H27FN4O5S. The number of aliphatic carboxylic acids is 1. The molecule has 0 aliphatic carbocycles. The van der Waals surface area contributed by atoms with E-state index < -0.39 is 29.1 Å². The third kappa shape index (κ3) is 6.42. The van der Waals surface area contributed by atoms with Crippen LogP contribution in [0.15, 0.2) is 53.3 Å². The fourth-order valence-corrected chi connectivity index (χ4v) is 5.01. The van der Waals surface area contributed by atoms with Gasteiger partial charge in [0, 0.05) is 49.0 Å². The predicted molar refractivity (Wildman–Crippen MR) is 137 cm³/mol. The highest BCUT2D eigenvalue weighted by molar-refractivity contribution is 7.76. The number of piperazine rings is 1. The largest absolute Gasteiger partial charge is 0.481 e. The smallest absolute Gasteiger partial charge is 0.305 e. The second kappa shape index (κ2) is 11.7. The Bertz CT molecular complexity index is 1330. The molecule has 2 atom stereocenters. The maximum atomic E-state index is 14.5. The monoisotopic (exact) mass is 526 g/mol. The van der Waals surface area contributed by atoms with Crippen LogP contribution in [0.1, 0.15) is 30.0 Å². The zero-order valence-corrected chi connectivity index (χ0v) is 21.2. The van der Waals surface area contributed by atoms with Crippen LogP contribution >= 0.6 is 0 Å². The standard InChI is InChI=1S/C26H27FN4O5S/c1-18-15-24(27)21(17-23(18)26-28-9-14-36-26)6-3-20-4-7-22(8-5-20)29-10-12-30(13-11-29)31(37(34)35)19(2)16-25(32)33/h4-5,7-9,14-15,17,19H,10-13,16H2,1-2H3,(H,32,33)(H,34,35). The van der Waals surface area contributed by atoms with Crippen LogP contribution in [-0.2, 0) is 16.1 Å². The summed E-state index contributed by atoms with van der Waals surface area (Å²) in [5, 5.41) is 10.8. The molecule has 4 rings (SSSR count). The van der Waals surface area contributed by atoms with Crippen molar-refractivity contribution in [3.8, 4) is 23.3 Å². The van der Waals surface area contributed by atoms with E-state index in [0.717, 1.165) is 11.3 Å². The Hall–Kier alpha value is -3.56. The van der Waals surface area contributed by atoms with Gasteiger partial charge in [0.15, 0.2) is 0 Å². The molecule has 3 aromatic rings. The highest BCUT2D eigenvalue weighted by Crippen LogP contribution is 2.25. The van der Waals surface area contributed by atoms with Crippen LogP contribution in [0.25, 0.3) is 11.5 Å². The van der Waals surface area contributed by atoms with Crippen molar-refractivity contribution in [3.05, 3.63) is 71.4 Å². The molecule has 2 N–H and O–H groups in total. The maximum absolute atomic E-state index is 14.5. The van der Waals surface area contributed by atoms with Crippen LogP contribution in [0.2, 0.25) is 0 Å². The number of nitrogens with zero attached hydrogens (tertiary/aromatic N) is 4. The number of hydrazine groups is 1. The molecule has 2 aromatic carbocycles. The van der Waals surface area contributed by atoms with Crippen LogP contribution in [0.4, 0.5) is 10.1 Å². The van der Waals surface area contributed by atoms with E-state index in [4.69, 9.17) is 9.52 Å². The van der Waals surface area contributed by atoms with E-state index in [9.17, 15) is 17.9 Å². The average molecular weight is 527 g/mol. The van der Waals surface area contributed by atoms with Crippen LogP contribution in [0.3, 0.4) is 0 Å². The molecule has 0 radical (unpaired) electrons.